The average molecular weight is 279 g/mol. The normalized spacial score (nSPS) is 11.3. The molecule has 2 heterocycles. The minimum atomic E-state index is -0.307. The lowest BCUT2D eigenvalue weighted by Crippen LogP contribution is -2.09. The van der Waals surface area contributed by atoms with Crippen molar-refractivity contribution >= 4 is 21.8 Å². The first-order chi connectivity index (χ1) is 10.2. The summed E-state index contributed by atoms with van der Waals surface area (Å²) in [5.74, 6) is 0.115. The molecule has 0 fully saturated rings. The molecular weight excluding hydrogens is 269 g/mol. The topological polar surface area (TPSA) is 61.5 Å². The highest BCUT2D eigenvalue weighted by Gasteiger charge is 2.12. The number of nitrogens with one attached hydrogen (secondary N) is 2. The van der Waals surface area contributed by atoms with E-state index in [1.54, 1.807) is 36.5 Å². The summed E-state index contributed by atoms with van der Waals surface area (Å²) in [5, 5.41) is 1.01. The fraction of sp³-hybridized carbons (Fsp3) is 0. The third-order valence-electron chi connectivity index (χ3n) is 3.54. The molecule has 4 aromatic rings. The third kappa shape index (κ3) is 1.74. The van der Waals surface area contributed by atoms with Gasteiger partial charge in [0.2, 0.25) is 0 Å². The van der Waals surface area contributed by atoms with E-state index in [-0.39, 0.29) is 11.4 Å². The number of nitrogens with zero attached hydrogens (tertiary/aromatic N) is 1. The van der Waals surface area contributed by atoms with E-state index in [0.717, 1.165) is 0 Å². The number of benzene rings is 2. The molecule has 0 saturated carbocycles. The standard InChI is InChI=1S/C16H10FN3O/c17-12-6-5-11(14-9(12)7-8-18-14)15-19-13-4-2-1-3-10(13)16(21)20-15/h1-8,18H,(H,19,20,21). The minimum absolute atomic E-state index is 0.209. The largest absolute Gasteiger partial charge is 0.360 e. The van der Waals surface area contributed by atoms with Gasteiger partial charge in [0.25, 0.3) is 5.56 Å². The van der Waals surface area contributed by atoms with Crippen LogP contribution in [-0.4, -0.2) is 15.0 Å². The molecule has 2 aromatic heterocycles. The monoisotopic (exact) mass is 279 g/mol. The summed E-state index contributed by atoms with van der Waals surface area (Å²) in [4.78, 5) is 22.4. The second-order valence-corrected chi connectivity index (χ2v) is 4.79. The molecule has 0 bridgehead atoms. The van der Waals surface area contributed by atoms with Crippen molar-refractivity contribution in [1.29, 1.82) is 0 Å². The first-order valence-electron chi connectivity index (χ1n) is 6.49. The van der Waals surface area contributed by atoms with Crippen LogP contribution in [-0.2, 0) is 0 Å². The molecule has 4 nitrogen and oxygen atoms in total. The SMILES string of the molecule is O=c1[nH]c(-c2ccc(F)c3cc[nH]c23)nc2ccccc12. The van der Waals surface area contributed by atoms with Gasteiger partial charge in [0.1, 0.15) is 11.6 Å². The van der Waals surface area contributed by atoms with Crippen LogP contribution < -0.4 is 5.56 Å². The molecule has 0 aliphatic heterocycles. The van der Waals surface area contributed by atoms with Crippen molar-refractivity contribution in [2.24, 2.45) is 0 Å². The zero-order valence-electron chi connectivity index (χ0n) is 10.9. The number of halogens is 1. The molecule has 0 unspecified atom stereocenters. The summed E-state index contributed by atoms with van der Waals surface area (Å²) >= 11 is 0. The molecule has 0 atom stereocenters. The van der Waals surface area contributed by atoms with Gasteiger partial charge in [-0.15, -0.1) is 0 Å². The molecule has 0 radical (unpaired) electrons. The molecule has 2 aromatic carbocycles. The number of H-pyrrole nitrogens is 2. The molecule has 102 valence electrons. The Labute approximate surface area is 118 Å². The fourth-order valence-electron chi connectivity index (χ4n) is 2.53. The highest BCUT2D eigenvalue weighted by Crippen LogP contribution is 2.27. The number of para-hydroxylation sites is 1. The quantitative estimate of drug-likeness (QED) is 0.562. The van der Waals surface area contributed by atoms with Crippen LogP contribution in [0.25, 0.3) is 33.2 Å². The molecule has 21 heavy (non-hydrogen) atoms. The number of aromatic amines is 2. The van der Waals surface area contributed by atoms with Crippen molar-refractivity contribution in [3.05, 3.63) is 64.8 Å². The predicted molar refractivity (Wildman–Crippen MR) is 79.6 cm³/mol. The number of aromatic nitrogens is 3. The Morgan fingerprint density at radius 2 is 1.86 bits per heavy atom. The average Bonchev–Trinajstić information content (AvgIpc) is 2.98. The lowest BCUT2D eigenvalue weighted by molar-refractivity contribution is 0.640. The number of hydrogen-bond donors (Lipinski definition) is 2. The molecule has 0 amide bonds. The first-order valence-corrected chi connectivity index (χ1v) is 6.49. The van der Waals surface area contributed by atoms with Crippen LogP contribution in [0.1, 0.15) is 0 Å². The van der Waals surface area contributed by atoms with Crippen molar-refractivity contribution in [3.63, 3.8) is 0 Å². The zero-order valence-corrected chi connectivity index (χ0v) is 10.9. The summed E-state index contributed by atoms with van der Waals surface area (Å²) in [5.41, 5.74) is 1.69. The molecule has 0 spiro atoms. The van der Waals surface area contributed by atoms with Crippen molar-refractivity contribution in [2.45, 2.75) is 0 Å². The van der Waals surface area contributed by atoms with Crippen LogP contribution in [0.3, 0.4) is 0 Å². The van der Waals surface area contributed by atoms with E-state index in [0.29, 0.717) is 33.2 Å². The minimum Gasteiger partial charge on any atom is -0.360 e. The number of fused-ring (bicyclic) bond motifs is 2. The van der Waals surface area contributed by atoms with E-state index in [1.165, 1.54) is 6.07 Å². The molecule has 2 N–H and O–H groups in total. The highest BCUT2D eigenvalue weighted by molar-refractivity contribution is 5.93. The van der Waals surface area contributed by atoms with Crippen molar-refractivity contribution in [3.8, 4) is 11.4 Å². The van der Waals surface area contributed by atoms with Gasteiger partial charge in [-0.2, -0.15) is 0 Å². The second kappa shape index (κ2) is 4.28. The van der Waals surface area contributed by atoms with Gasteiger partial charge in [-0.1, -0.05) is 12.1 Å². The Morgan fingerprint density at radius 3 is 2.76 bits per heavy atom. The predicted octanol–water partition coefficient (Wildman–Crippen LogP) is 3.21. The molecule has 5 heteroatoms. The van der Waals surface area contributed by atoms with Gasteiger partial charge in [0.05, 0.1) is 16.4 Å². The van der Waals surface area contributed by atoms with Crippen LogP contribution in [0, 0.1) is 5.82 Å². The highest BCUT2D eigenvalue weighted by atomic mass is 19.1. The smallest absolute Gasteiger partial charge is 0.259 e. The first kappa shape index (κ1) is 11.8. The van der Waals surface area contributed by atoms with E-state index in [4.69, 9.17) is 0 Å². The van der Waals surface area contributed by atoms with Crippen molar-refractivity contribution < 1.29 is 4.39 Å². The van der Waals surface area contributed by atoms with Crippen LogP contribution in [0.4, 0.5) is 4.39 Å². The van der Waals surface area contributed by atoms with Crippen molar-refractivity contribution in [1.82, 2.24) is 15.0 Å². The molecule has 4 rings (SSSR count). The Bertz CT molecular complexity index is 1030. The van der Waals surface area contributed by atoms with E-state index in [1.807, 2.05) is 6.07 Å². The van der Waals surface area contributed by atoms with Gasteiger partial charge in [-0.3, -0.25) is 4.79 Å². The second-order valence-electron chi connectivity index (χ2n) is 4.79. The Balaban J connectivity index is 2.07. The Kier molecular flexibility index (Phi) is 2.41. The van der Waals surface area contributed by atoms with Gasteiger partial charge in [0.15, 0.2) is 0 Å². The summed E-state index contributed by atoms with van der Waals surface area (Å²) in [6.07, 6.45) is 1.66. The maximum Gasteiger partial charge on any atom is 0.259 e. The van der Waals surface area contributed by atoms with Crippen LogP contribution in [0.15, 0.2) is 53.5 Å². The van der Waals surface area contributed by atoms with Gasteiger partial charge < -0.3 is 9.97 Å². The van der Waals surface area contributed by atoms with Crippen LogP contribution in [0.2, 0.25) is 0 Å². The molecule has 0 saturated heterocycles. The number of hydrogen-bond acceptors (Lipinski definition) is 2. The lowest BCUT2D eigenvalue weighted by Gasteiger charge is -2.05. The fourth-order valence-corrected chi connectivity index (χ4v) is 2.53. The molecular formula is C16H10FN3O. The summed E-state index contributed by atoms with van der Waals surface area (Å²) < 4.78 is 13.7. The maximum atomic E-state index is 13.7. The van der Waals surface area contributed by atoms with Crippen molar-refractivity contribution in [2.75, 3.05) is 0 Å². The van der Waals surface area contributed by atoms with E-state index >= 15 is 0 Å². The summed E-state index contributed by atoms with van der Waals surface area (Å²) in [6.45, 7) is 0. The zero-order chi connectivity index (χ0) is 14.4. The maximum absolute atomic E-state index is 13.7. The van der Waals surface area contributed by atoms with Gasteiger partial charge in [0, 0.05) is 17.1 Å². The van der Waals surface area contributed by atoms with Gasteiger partial charge in [-0.25, -0.2) is 9.37 Å². The Hall–Kier alpha value is -2.95. The Morgan fingerprint density at radius 1 is 1.00 bits per heavy atom. The van der Waals surface area contributed by atoms with Gasteiger partial charge in [-0.05, 0) is 30.3 Å². The molecule has 0 aliphatic rings. The number of rotatable bonds is 1. The van der Waals surface area contributed by atoms with Crippen LogP contribution in [0.5, 0.6) is 0 Å². The lowest BCUT2D eigenvalue weighted by atomic mass is 10.1. The summed E-state index contributed by atoms with van der Waals surface area (Å²) in [7, 11) is 0. The van der Waals surface area contributed by atoms with E-state index in [2.05, 4.69) is 15.0 Å². The summed E-state index contributed by atoms with van der Waals surface area (Å²) in [6, 6.07) is 11.8. The van der Waals surface area contributed by atoms with Crippen LogP contribution >= 0.6 is 0 Å². The van der Waals surface area contributed by atoms with E-state index in [9.17, 15) is 9.18 Å². The van der Waals surface area contributed by atoms with E-state index < -0.39 is 0 Å². The van der Waals surface area contributed by atoms with Gasteiger partial charge >= 0.3 is 0 Å². The third-order valence-corrected chi connectivity index (χ3v) is 3.54. The molecule has 0 aliphatic carbocycles.